The zero-order chi connectivity index (χ0) is 17.9. The van der Waals surface area contributed by atoms with Crippen molar-refractivity contribution < 1.29 is 4.79 Å². The fourth-order valence-corrected chi connectivity index (χ4v) is 3.21. The van der Waals surface area contributed by atoms with Crippen molar-refractivity contribution in [1.82, 2.24) is 19.9 Å². The third-order valence-electron chi connectivity index (χ3n) is 4.59. The predicted molar refractivity (Wildman–Crippen MR) is 98.6 cm³/mol. The van der Waals surface area contributed by atoms with Crippen molar-refractivity contribution in [3.63, 3.8) is 0 Å². The number of hydrogen-bond donors (Lipinski definition) is 0. The molecular formula is C20H19N5O. The van der Waals surface area contributed by atoms with Crippen LogP contribution in [0, 0.1) is 6.92 Å². The van der Waals surface area contributed by atoms with E-state index in [4.69, 9.17) is 4.98 Å². The van der Waals surface area contributed by atoms with Crippen molar-refractivity contribution in [2.24, 2.45) is 0 Å². The van der Waals surface area contributed by atoms with Gasteiger partial charge in [-0.05, 0) is 37.6 Å². The minimum atomic E-state index is 0.104. The predicted octanol–water partition coefficient (Wildman–Crippen LogP) is 2.76. The summed E-state index contributed by atoms with van der Waals surface area (Å²) in [5.41, 5.74) is 3.85. The van der Waals surface area contributed by atoms with Crippen molar-refractivity contribution in [3.05, 3.63) is 65.9 Å². The van der Waals surface area contributed by atoms with E-state index in [0.717, 1.165) is 28.3 Å². The maximum Gasteiger partial charge on any atom is 0.228 e. The number of anilines is 1. The summed E-state index contributed by atoms with van der Waals surface area (Å²) in [4.78, 5) is 32.1. The molecule has 0 radical (unpaired) electrons. The number of hydrogen-bond acceptors (Lipinski definition) is 5. The first kappa shape index (κ1) is 16.3. The maximum atomic E-state index is 12.6. The average molecular weight is 345 g/mol. The molecule has 0 saturated carbocycles. The van der Waals surface area contributed by atoms with Gasteiger partial charge in [0.25, 0.3) is 0 Å². The number of amides is 1. The molecule has 6 nitrogen and oxygen atoms in total. The highest BCUT2D eigenvalue weighted by Gasteiger charge is 2.28. The number of carbonyl (C=O) groups is 1. The third kappa shape index (κ3) is 3.18. The van der Waals surface area contributed by atoms with Gasteiger partial charge in [-0.1, -0.05) is 6.07 Å². The van der Waals surface area contributed by atoms with Crippen molar-refractivity contribution >= 4 is 11.7 Å². The Morgan fingerprint density at radius 1 is 1.04 bits per heavy atom. The second kappa shape index (κ2) is 7.00. The first-order chi connectivity index (χ1) is 12.7. The first-order valence-electron chi connectivity index (χ1n) is 8.70. The number of aryl methyl sites for hydroxylation is 1. The Kier molecular flexibility index (Phi) is 4.39. The lowest BCUT2D eigenvalue weighted by molar-refractivity contribution is -0.118. The zero-order valence-corrected chi connectivity index (χ0v) is 14.6. The number of aromatic nitrogens is 4. The second-order valence-electron chi connectivity index (χ2n) is 6.29. The van der Waals surface area contributed by atoms with E-state index < -0.39 is 0 Å². The van der Waals surface area contributed by atoms with E-state index in [1.165, 1.54) is 0 Å². The van der Waals surface area contributed by atoms with E-state index in [2.05, 4.69) is 15.0 Å². The molecule has 0 N–H and O–H groups in total. The van der Waals surface area contributed by atoms with E-state index in [1.807, 2.05) is 37.3 Å². The molecule has 26 heavy (non-hydrogen) atoms. The van der Waals surface area contributed by atoms with E-state index in [-0.39, 0.29) is 5.91 Å². The van der Waals surface area contributed by atoms with Crippen LogP contribution in [0.25, 0.3) is 11.4 Å². The van der Waals surface area contributed by atoms with Gasteiger partial charge >= 0.3 is 0 Å². The Balaban J connectivity index is 1.69. The minimum absolute atomic E-state index is 0.104. The summed E-state index contributed by atoms with van der Waals surface area (Å²) in [7, 11) is 0. The van der Waals surface area contributed by atoms with Crippen LogP contribution in [-0.4, -0.2) is 32.4 Å². The Morgan fingerprint density at radius 3 is 2.65 bits per heavy atom. The Bertz CT molecular complexity index is 928. The van der Waals surface area contributed by atoms with Crippen LogP contribution in [0.2, 0.25) is 0 Å². The first-order valence-corrected chi connectivity index (χ1v) is 8.70. The van der Waals surface area contributed by atoms with E-state index >= 15 is 0 Å². The van der Waals surface area contributed by atoms with Crippen LogP contribution in [0.1, 0.15) is 23.4 Å². The quantitative estimate of drug-likeness (QED) is 0.727. The summed E-state index contributed by atoms with van der Waals surface area (Å²) in [5, 5.41) is 0. The summed E-state index contributed by atoms with van der Waals surface area (Å²) in [6, 6.07) is 9.58. The van der Waals surface area contributed by atoms with E-state index in [9.17, 15) is 4.79 Å². The molecule has 6 heteroatoms. The molecule has 0 spiro atoms. The van der Waals surface area contributed by atoms with Gasteiger partial charge in [-0.2, -0.15) is 0 Å². The summed E-state index contributed by atoms with van der Waals surface area (Å²) in [6.07, 6.45) is 7.09. The smallest absolute Gasteiger partial charge is 0.228 e. The van der Waals surface area contributed by atoms with Crippen LogP contribution in [0.3, 0.4) is 0 Å². The molecule has 130 valence electrons. The van der Waals surface area contributed by atoms with Gasteiger partial charge in [-0.25, -0.2) is 9.97 Å². The van der Waals surface area contributed by atoms with Crippen molar-refractivity contribution in [1.29, 1.82) is 0 Å². The van der Waals surface area contributed by atoms with Gasteiger partial charge in [0.15, 0.2) is 5.82 Å². The molecule has 0 aliphatic carbocycles. The van der Waals surface area contributed by atoms with Gasteiger partial charge in [0.1, 0.15) is 5.82 Å². The third-order valence-corrected chi connectivity index (χ3v) is 4.59. The molecule has 3 aromatic rings. The SMILES string of the molecule is Cc1nc(-c2ccncc2)nc2c1CCC(=O)N2CCc1ccccn1. The van der Waals surface area contributed by atoms with Crippen LogP contribution >= 0.6 is 0 Å². The Labute approximate surface area is 152 Å². The van der Waals surface area contributed by atoms with Gasteiger partial charge in [0.2, 0.25) is 5.91 Å². The van der Waals surface area contributed by atoms with Gasteiger partial charge in [0, 0.05) is 60.5 Å². The molecule has 0 aromatic carbocycles. The molecule has 0 saturated heterocycles. The van der Waals surface area contributed by atoms with Gasteiger partial charge < -0.3 is 0 Å². The van der Waals surface area contributed by atoms with E-state index in [1.54, 1.807) is 23.5 Å². The number of nitrogens with zero attached hydrogens (tertiary/aromatic N) is 5. The molecule has 4 rings (SSSR count). The lowest BCUT2D eigenvalue weighted by atomic mass is 10.0. The zero-order valence-electron chi connectivity index (χ0n) is 14.6. The standard InChI is InChI=1S/C20H19N5O/c1-14-17-5-6-18(26)25(13-9-16-4-2-3-10-22-16)20(17)24-19(23-14)15-7-11-21-12-8-15/h2-4,7-8,10-12H,5-6,9,13H2,1H3. The van der Waals surface area contributed by atoms with Crippen molar-refractivity contribution in [3.8, 4) is 11.4 Å². The molecule has 1 aliphatic rings. The van der Waals surface area contributed by atoms with Crippen LogP contribution in [0.5, 0.6) is 0 Å². The van der Waals surface area contributed by atoms with E-state index in [0.29, 0.717) is 31.6 Å². The number of rotatable bonds is 4. The summed E-state index contributed by atoms with van der Waals surface area (Å²) >= 11 is 0. The lowest BCUT2D eigenvalue weighted by Crippen LogP contribution is -2.38. The van der Waals surface area contributed by atoms with Crippen molar-refractivity contribution in [2.45, 2.75) is 26.2 Å². The second-order valence-corrected chi connectivity index (χ2v) is 6.29. The van der Waals surface area contributed by atoms with Crippen molar-refractivity contribution in [2.75, 3.05) is 11.4 Å². The summed E-state index contributed by atoms with van der Waals surface area (Å²) in [5.74, 6) is 1.46. The lowest BCUT2D eigenvalue weighted by Gasteiger charge is -2.29. The molecule has 0 fully saturated rings. The number of carbonyl (C=O) groups excluding carboxylic acids is 1. The minimum Gasteiger partial charge on any atom is -0.296 e. The molecule has 4 heterocycles. The molecule has 3 aromatic heterocycles. The van der Waals surface area contributed by atoms with Crippen LogP contribution in [0.4, 0.5) is 5.82 Å². The van der Waals surface area contributed by atoms with Crippen LogP contribution in [-0.2, 0) is 17.6 Å². The summed E-state index contributed by atoms with van der Waals surface area (Å²) in [6.45, 7) is 2.55. The molecule has 0 atom stereocenters. The van der Waals surface area contributed by atoms with Gasteiger partial charge in [0.05, 0.1) is 0 Å². The topological polar surface area (TPSA) is 71.9 Å². The van der Waals surface area contributed by atoms with Gasteiger partial charge in [-0.3, -0.25) is 19.7 Å². The monoisotopic (exact) mass is 345 g/mol. The maximum absolute atomic E-state index is 12.6. The number of pyridine rings is 2. The highest BCUT2D eigenvalue weighted by Crippen LogP contribution is 2.30. The highest BCUT2D eigenvalue weighted by atomic mass is 16.2. The van der Waals surface area contributed by atoms with Crippen LogP contribution in [0.15, 0.2) is 48.9 Å². The van der Waals surface area contributed by atoms with Gasteiger partial charge in [-0.15, -0.1) is 0 Å². The summed E-state index contributed by atoms with van der Waals surface area (Å²) < 4.78 is 0. The average Bonchev–Trinajstić information content (AvgIpc) is 2.68. The van der Waals surface area contributed by atoms with Crippen LogP contribution < -0.4 is 4.90 Å². The normalized spacial score (nSPS) is 13.6. The highest BCUT2D eigenvalue weighted by molar-refractivity contribution is 5.95. The fraction of sp³-hybridized carbons (Fsp3) is 0.250. The molecule has 0 unspecified atom stereocenters. The fourth-order valence-electron chi connectivity index (χ4n) is 3.21. The molecule has 1 amide bonds. The largest absolute Gasteiger partial charge is 0.296 e. The Hall–Kier alpha value is -3.15. The number of fused-ring (bicyclic) bond motifs is 1. The molecule has 1 aliphatic heterocycles. The molecule has 0 bridgehead atoms. The Morgan fingerprint density at radius 2 is 1.88 bits per heavy atom. The molecular weight excluding hydrogens is 326 g/mol.